The van der Waals surface area contributed by atoms with Gasteiger partial charge in [-0.3, -0.25) is 4.79 Å². The fourth-order valence-electron chi connectivity index (χ4n) is 3.86. The second-order valence-electron chi connectivity index (χ2n) is 6.59. The largest absolute Gasteiger partial charge is 0.385 e. The minimum absolute atomic E-state index is 0.168. The van der Waals surface area contributed by atoms with Gasteiger partial charge in [-0.15, -0.1) is 0 Å². The molecule has 1 amide bonds. The Labute approximate surface area is 130 Å². The Morgan fingerprint density at radius 3 is 2.86 bits per heavy atom. The van der Waals surface area contributed by atoms with Gasteiger partial charge in [0, 0.05) is 26.7 Å². The standard InChI is InChI=1S/C15H24N4O3/c1-22-9-7-14(4-2-3-5-14)13(20)19-8-6-15(21,11-19)12-10-16-18-17-12/h10,21H,2-9,11H2,1H3,(H,16,17,18)/t15-/m0/s1. The van der Waals surface area contributed by atoms with E-state index in [1.54, 1.807) is 12.0 Å². The Balaban J connectivity index is 1.72. The van der Waals surface area contributed by atoms with E-state index in [1.165, 1.54) is 6.20 Å². The molecule has 7 nitrogen and oxygen atoms in total. The average molecular weight is 308 g/mol. The van der Waals surface area contributed by atoms with Gasteiger partial charge >= 0.3 is 0 Å². The molecule has 1 atom stereocenters. The van der Waals surface area contributed by atoms with E-state index in [0.29, 0.717) is 31.8 Å². The molecule has 0 unspecified atom stereocenters. The van der Waals surface area contributed by atoms with Crippen LogP contribution >= 0.6 is 0 Å². The quantitative estimate of drug-likeness (QED) is 0.840. The molecule has 0 bridgehead atoms. The van der Waals surface area contributed by atoms with Crippen molar-refractivity contribution in [2.75, 3.05) is 26.8 Å². The van der Waals surface area contributed by atoms with Gasteiger partial charge in [0.05, 0.1) is 18.2 Å². The number of aliphatic hydroxyl groups is 1. The summed E-state index contributed by atoms with van der Waals surface area (Å²) in [5, 5.41) is 21.0. The van der Waals surface area contributed by atoms with Crippen molar-refractivity contribution >= 4 is 5.91 Å². The van der Waals surface area contributed by atoms with Crippen LogP contribution in [0.4, 0.5) is 0 Å². The Bertz CT molecular complexity index is 513. The average Bonchev–Trinajstić information content (AvgIpc) is 3.25. The molecule has 1 aromatic rings. The van der Waals surface area contributed by atoms with Crippen molar-refractivity contribution in [1.29, 1.82) is 0 Å². The van der Waals surface area contributed by atoms with Crippen molar-refractivity contribution in [1.82, 2.24) is 20.3 Å². The smallest absolute Gasteiger partial charge is 0.228 e. The molecule has 1 aliphatic heterocycles. The molecule has 22 heavy (non-hydrogen) atoms. The molecule has 0 radical (unpaired) electrons. The number of hydrogen-bond donors (Lipinski definition) is 2. The molecule has 3 rings (SSSR count). The number of nitrogens with zero attached hydrogens (tertiary/aromatic N) is 3. The molecule has 1 aromatic heterocycles. The number of carbonyl (C=O) groups excluding carboxylic acids is 1. The highest BCUT2D eigenvalue weighted by Gasteiger charge is 2.48. The topological polar surface area (TPSA) is 91.3 Å². The maximum atomic E-state index is 13.0. The molecular weight excluding hydrogens is 284 g/mol. The third-order valence-corrected chi connectivity index (χ3v) is 5.23. The van der Waals surface area contributed by atoms with Crippen LogP contribution in [0.25, 0.3) is 0 Å². The highest BCUT2D eigenvalue weighted by molar-refractivity contribution is 5.83. The van der Waals surface area contributed by atoms with E-state index in [0.717, 1.165) is 32.1 Å². The van der Waals surface area contributed by atoms with Gasteiger partial charge in [0.15, 0.2) is 0 Å². The van der Waals surface area contributed by atoms with Gasteiger partial charge in [0.25, 0.3) is 0 Å². The lowest BCUT2D eigenvalue weighted by Gasteiger charge is -2.32. The summed E-state index contributed by atoms with van der Waals surface area (Å²) in [6.45, 7) is 1.47. The second kappa shape index (κ2) is 5.96. The Morgan fingerprint density at radius 1 is 1.45 bits per heavy atom. The van der Waals surface area contributed by atoms with Crippen molar-refractivity contribution in [3.05, 3.63) is 11.9 Å². The minimum atomic E-state index is -1.08. The predicted molar refractivity (Wildman–Crippen MR) is 78.9 cm³/mol. The van der Waals surface area contributed by atoms with Gasteiger partial charge in [-0.2, -0.15) is 15.4 Å². The molecule has 1 aliphatic carbocycles. The van der Waals surface area contributed by atoms with Gasteiger partial charge in [-0.1, -0.05) is 12.8 Å². The van der Waals surface area contributed by atoms with Gasteiger partial charge in [-0.25, -0.2) is 0 Å². The van der Waals surface area contributed by atoms with E-state index in [9.17, 15) is 9.90 Å². The monoisotopic (exact) mass is 308 g/mol. The zero-order valence-corrected chi connectivity index (χ0v) is 13.0. The van der Waals surface area contributed by atoms with Crippen LogP contribution in [0.1, 0.15) is 44.2 Å². The van der Waals surface area contributed by atoms with Gasteiger partial charge in [0.2, 0.25) is 5.91 Å². The summed E-state index contributed by atoms with van der Waals surface area (Å²) in [6, 6.07) is 0. The number of H-pyrrole nitrogens is 1. The zero-order valence-electron chi connectivity index (χ0n) is 13.0. The van der Waals surface area contributed by atoms with E-state index < -0.39 is 5.60 Å². The molecule has 0 spiro atoms. The third-order valence-electron chi connectivity index (χ3n) is 5.23. The van der Waals surface area contributed by atoms with Crippen molar-refractivity contribution in [2.24, 2.45) is 5.41 Å². The first-order valence-electron chi connectivity index (χ1n) is 7.97. The number of amides is 1. The van der Waals surface area contributed by atoms with Crippen LogP contribution in [0.2, 0.25) is 0 Å². The number of aromatic nitrogens is 3. The SMILES string of the molecule is COCCC1(C(=O)N2CC[C@@](O)(c3cn[nH]n3)C2)CCCC1. The third kappa shape index (κ3) is 2.63. The highest BCUT2D eigenvalue weighted by Crippen LogP contribution is 2.44. The van der Waals surface area contributed by atoms with Crippen molar-refractivity contribution < 1.29 is 14.6 Å². The van der Waals surface area contributed by atoms with Crippen LogP contribution in [0.3, 0.4) is 0 Å². The summed E-state index contributed by atoms with van der Waals surface area (Å²) >= 11 is 0. The molecule has 2 heterocycles. The Morgan fingerprint density at radius 2 is 2.23 bits per heavy atom. The number of methoxy groups -OCH3 is 1. The van der Waals surface area contributed by atoms with Crippen LogP contribution in [0.15, 0.2) is 6.20 Å². The van der Waals surface area contributed by atoms with Crippen molar-refractivity contribution in [3.8, 4) is 0 Å². The van der Waals surface area contributed by atoms with Crippen LogP contribution in [0, 0.1) is 5.41 Å². The Hall–Kier alpha value is -1.47. The number of likely N-dealkylation sites (tertiary alicyclic amines) is 1. The van der Waals surface area contributed by atoms with Crippen LogP contribution in [0.5, 0.6) is 0 Å². The lowest BCUT2D eigenvalue weighted by atomic mass is 9.81. The summed E-state index contributed by atoms with van der Waals surface area (Å²) in [6.07, 6.45) is 6.84. The normalized spacial score (nSPS) is 27.5. The first kappa shape index (κ1) is 15.4. The number of hydrogen-bond acceptors (Lipinski definition) is 5. The fraction of sp³-hybridized carbons (Fsp3) is 0.800. The van der Waals surface area contributed by atoms with E-state index in [1.807, 2.05) is 0 Å². The Kier molecular flexibility index (Phi) is 4.18. The maximum absolute atomic E-state index is 13.0. The van der Waals surface area contributed by atoms with Gasteiger partial charge in [-0.05, 0) is 19.3 Å². The number of rotatable bonds is 5. The highest BCUT2D eigenvalue weighted by atomic mass is 16.5. The summed E-state index contributed by atoms with van der Waals surface area (Å²) in [5.41, 5.74) is -0.866. The molecule has 2 N–H and O–H groups in total. The molecular formula is C15H24N4O3. The van der Waals surface area contributed by atoms with Crippen LogP contribution in [-0.2, 0) is 15.1 Å². The minimum Gasteiger partial charge on any atom is -0.385 e. The number of β-amino-alcohol motifs (C(OH)–C–C–N with tert-alkyl or cyclic N) is 1. The maximum Gasteiger partial charge on any atom is 0.228 e. The first-order chi connectivity index (χ1) is 10.6. The summed E-state index contributed by atoms with van der Waals surface area (Å²) in [4.78, 5) is 14.8. The lowest BCUT2D eigenvalue weighted by molar-refractivity contribution is -0.143. The molecule has 1 saturated carbocycles. The van der Waals surface area contributed by atoms with Crippen molar-refractivity contribution in [2.45, 2.75) is 44.1 Å². The predicted octanol–water partition coefficient (Wildman–Crippen LogP) is 0.821. The lowest BCUT2D eigenvalue weighted by Crippen LogP contribution is -2.43. The second-order valence-corrected chi connectivity index (χ2v) is 6.59. The van der Waals surface area contributed by atoms with Gasteiger partial charge in [0.1, 0.15) is 11.3 Å². The van der Waals surface area contributed by atoms with E-state index in [4.69, 9.17) is 4.74 Å². The molecule has 7 heteroatoms. The summed E-state index contributed by atoms with van der Waals surface area (Å²) < 4.78 is 5.20. The number of aromatic amines is 1. The van der Waals surface area contributed by atoms with E-state index in [-0.39, 0.29) is 11.3 Å². The van der Waals surface area contributed by atoms with E-state index >= 15 is 0 Å². The number of nitrogens with one attached hydrogen (secondary N) is 1. The van der Waals surface area contributed by atoms with Crippen LogP contribution < -0.4 is 0 Å². The van der Waals surface area contributed by atoms with E-state index in [2.05, 4.69) is 15.4 Å². The number of carbonyl (C=O) groups is 1. The summed E-state index contributed by atoms with van der Waals surface area (Å²) in [5.74, 6) is 0.168. The van der Waals surface area contributed by atoms with Gasteiger partial charge < -0.3 is 14.7 Å². The molecule has 2 fully saturated rings. The molecule has 0 aromatic carbocycles. The molecule has 122 valence electrons. The summed E-state index contributed by atoms with van der Waals surface area (Å²) in [7, 11) is 1.67. The molecule has 1 saturated heterocycles. The number of ether oxygens (including phenoxy) is 1. The fourth-order valence-corrected chi connectivity index (χ4v) is 3.86. The van der Waals surface area contributed by atoms with Crippen molar-refractivity contribution in [3.63, 3.8) is 0 Å². The first-order valence-corrected chi connectivity index (χ1v) is 7.97. The zero-order chi connectivity index (χ0) is 15.6. The van der Waals surface area contributed by atoms with Crippen LogP contribution in [-0.4, -0.2) is 58.1 Å². The molecule has 2 aliphatic rings.